The fourth-order valence-electron chi connectivity index (χ4n) is 2.42. The highest BCUT2D eigenvalue weighted by molar-refractivity contribution is 7.99. The van der Waals surface area contributed by atoms with Gasteiger partial charge in [0.2, 0.25) is 15.9 Å². The molecule has 1 aromatic carbocycles. The number of aromatic nitrogens is 2. The van der Waals surface area contributed by atoms with Crippen LogP contribution in [0, 0.1) is 11.3 Å². The molecule has 10 heteroatoms. The molecule has 0 unspecified atom stereocenters. The largest absolute Gasteiger partial charge is 0.411 e. The van der Waals surface area contributed by atoms with Crippen LogP contribution in [0.4, 0.5) is 0 Å². The molecule has 0 atom stereocenters. The van der Waals surface area contributed by atoms with Crippen molar-refractivity contribution in [2.45, 2.75) is 23.0 Å². The van der Waals surface area contributed by atoms with E-state index in [2.05, 4.69) is 16.3 Å². The quantitative estimate of drug-likeness (QED) is 0.519. The van der Waals surface area contributed by atoms with E-state index in [0.29, 0.717) is 49.3 Å². The first-order valence-electron chi connectivity index (χ1n) is 8.13. The van der Waals surface area contributed by atoms with Gasteiger partial charge in [0.15, 0.2) is 0 Å². The number of hydrogen-bond donors (Lipinski definition) is 0. The summed E-state index contributed by atoms with van der Waals surface area (Å²) in [4.78, 5) is 0.193. The maximum absolute atomic E-state index is 12.8. The van der Waals surface area contributed by atoms with Crippen molar-refractivity contribution in [2.75, 3.05) is 32.1 Å². The minimum absolute atomic E-state index is 0.193. The molecule has 1 aromatic heterocycles. The fraction of sp³-hybridized carbons (Fsp3) is 0.438. The number of nitriles is 1. The predicted octanol–water partition coefficient (Wildman–Crippen LogP) is 2.15. The lowest BCUT2D eigenvalue weighted by atomic mass is 10.2. The second kappa shape index (κ2) is 8.64. The monoisotopic (exact) mass is 394 g/mol. The Balaban J connectivity index is 1.75. The number of sulfonamides is 1. The second-order valence-electron chi connectivity index (χ2n) is 5.53. The molecule has 0 aliphatic carbocycles. The van der Waals surface area contributed by atoms with Gasteiger partial charge in [-0.3, -0.25) is 0 Å². The van der Waals surface area contributed by atoms with E-state index in [0.717, 1.165) is 6.42 Å². The van der Waals surface area contributed by atoms with Crippen molar-refractivity contribution >= 4 is 21.8 Å². The molecule has 0 spiro atoms. The van der Waals surface area contributed by atoms with Crippen LogP contribution in [0.15, 0.2) is 38.8 Å². The first-order chi connectivity index (χ1) is 12.6. The molecule has 26 heavy (non-hydrogen) atoms. The Kier molecular flexibility index (Phi) is 6.26. The van der Waals surface area contributed by atoms with Crippen molar-refractivity contribution in [1.82, 2.24) is 14.5 Å². The van der Waals surface area contributed by atoms with Gasteiger partial charge in [-0.2, -0.15) is 9.57 Å². The number of rotatable bonds is 7. The number of nitrogens with zero attached hydrogens (tertiary/aromatic N) is 4. The van der Waals surface area contributed by atoms with Gasteiger partial charge in [0, 0.05) is 30.8 Å². The summed E-state index contributed by atoms with van der Waals surface area (Å²) in [5.74, 6) is 0.979. The lowest BCUT2D eigenvalue weighted by Gasteiger charge is -2.26. The van der Waals surface area contributed by atoms with Gasteiger partial charge in [-0.15, -0.1) is 10.2 Å². The van der Waals surface area contributed by atoms with Crippen LogP contribution in [0.25, 0.3) is 11.5 Å². The molecule has 2 aromatic rings. The third-order valence-electron chi connectivity index (χ3n) is 3.75. The summed E-state index contributed by atoms with van der Waals surface area (Å²) in [5, 5.41) is 16.9. The zero-order valence-electron chi connectivity index (χ0n) is 14.0. The minimum Gasteiger partial charge on any atom is -0.411 e. The van der Waals surface area contributed by atoms with Gasteiger partial charge in [0.1, 0.15) is 0 Å². The van der Waals surface area contributed by atoms with Gasteiger partial charge < -0.3 is 9.15 Å². The number of ether oxygens (including phenoxy) is 1. The summed E-state index contributed by atoms with van der Waals surface area (Å²) in [7, 11) is -3.58. The van der Waals surface area contributed by atoms with Gasteiger partial charge in [-0.25, -0.2) is 8.42 Å². The van der Waals surface area contributed by atoms with Crippen LogP contribution < -0.4 is 0 Å². The molecule has 0 saturated carbocycles. The van der Waals surface area contributed by atoms with E-state index in [9.17, 15) is 8.42 Å². The van der Waals surface area contributed by atoms with E-state index in [1.807, 2.05) is 0 Å². The second-order valence-corrected chi connectivity index (χ2v) is 8.51. The van der Waals surface area contributed by atoms with Gasteiger partial charge in [0.05, 0.1) is 24.2 Å². The van der Waals surface area contributed by atoms with Crippen molar-refractivity contribution in [3.05, 3.63) is 24.3 Å². The van der Waals surface area contributed by atoms with E-state index in [4.69, 9.17) is 14.4 Å². The average Bonchev–Trinajstić information content (AvgIpc) is 3.15. The van der Waals surface area contributed by atoms with E-state index in [1.54, 1.807) is 24.3 Å². The van der Waals surface area contributed by atoms with Crippen molar-refractivity contribution < 1.29 is 17.6 Å². The lowest BCUT2D eigenvalue weighted by molar-refractivity contribution is 0.0730. The van der Waals surface area contributed by atoms with Crippen LogP contribution in [0.5, 0.6) is 0 Å². The Labute approximate surface area is 156 Å². The summed E-state index contributed by atoms with van der Waals surface area (Å²) in [5.41, 5.74) is 0.552. The molecule has 1 fully saturated rings. The highest BCUT2D eigenvalue weighted by atomic mass is 32.2. The third-order valence-corrected chi connectivity index (χ3v) is 6.55. The first-order valence-corrected chi connectivity index (χ1v) is 10.6. The van der Waals surface area contributed by atoms with Crippen LogP contribution in [0.1, 0.15) is 12.8 Å². The third kappa shape index (κ3) is 4.42. The molecular weight excluding hydrogens is 376 g/mol. The Bertz CT molecular complexity index is 886. The van der Waals surface area contributed by atoms with E-state index < -0.39 is 10.0 Å². The van der Waals surface area contributed by atoms with Crippen molar-refractivity contribution in [1.29, 1.82) is 5.26 Å². The zero-order valence-corrected chi connectivity index (χ0v) is 15.6. The molecular formula is C16H18N4O4S2. The van der Waals surface area contributed by atoms with Gasteiger partial charge in [-0.05, 0) is 24.6 Å². The van der Waals surface area contributed by atoms with E-state index in [-0.39, 0.29) is 10.8 Å². The van der Waals surface area contributed by atoms with Crippen LogP contribution >= 0.6 is 11.8 Å². The van der Waals surface area contributed by atoms with E-state index in [1.165, 1.54) is 16.1 Å². The fourth-order valence-corrected chi connectivity index (χ4v) is 4.58. The summed E-state index contributed by atoms with van der Waals surface area (Å²) < 4.78 is 37.7. The highest BCUT2D eigenvalue weighted by Crippen LogP contribution is 2.26. The van der Waals surface area contributed by atoms with Gasteiger partial charge in [0.25, 0.3) is 5.22 Å². The van der Waals surface area contributed by atoms with Crippen molar-refractivity contribution in [3.63, 3.8) is 0 Å². The highest BCUT2D eigenvalue weighted by Gasteiger charge is 2.26. The van der Waals surface area contributed by atoms with Crippen LogP contribution in [-0.2, 0) is 14.8 Å². The van der Waals surface area contributed by atoms with Crippen molar-refractivity contribution in [2.24, 2.45) is 0 Å². The normalized spacial score (nSPS) is 15.7. The Hall–Kier alpha value is -1.93. The summed E-state index contributed by atoms with van der Waals surface area (Å²) in [6.45, 7) is 1.48. The van der Waals surface area contributed by atoms with Crippen LogP contribution in [0.3, 0.4) is 0 Å². The smallest absolute Gasteiger partial charge is 0.276 e. The molecule has 0 N–H and O–H groups in total. The minimum atomic E-state index is -3.58. The Morgan fingerprint density at radius 1 is 1.27 bits per heavy atom. The molecule has 2 heterocycles. The molecule has 0 amide bonds. The van der Waals surface area contributed by atoms with Crippen LogP contribution in [-0.4, -0.2) is 55.0 Å². The van der Waals surface area contributed by atoms with Crippen molar-refractivity contribution in [3.8, 4) is 17.5 Å². The van der Waals surface area contributed by atoms with Gasteiger partial charge in [-0.1, -0.05) is 17.8 Å². The zero-order chi connectivity index (χ0) is 18.4. The maximum Gasteiger partial charge on any atom is 0.276 e. The van der Waals surface area contributed by atoms with E-state index >= 15 is 0 Å². The molecule has 1 saturated heterocycles. The molecule has 0 bridgehead atoms. The molecule has 1 aliphatic rings. The molecule has 0 radical (unpaired) electrons. The standard InChI is InChI=1S/C16H18N4O4S2/c17-6-1-2-11-25-16-19-18-15(24-16)13-4-3-5-14(12-13)26(21,22)20-7-9-23-10-8-20/h3-5,12H,1-2,7-11H2. The average molecular weight is 394 g/mol. The number of morpholine rings is 1. The SMILES string of the molecule is N#CCCCSc1nnc(-c2cccc(S(=O)(=O)N3CCOCC3)c2)o1. The first kappa shape index (κ1) is 18.8. The maximum atomic E-state index is 12.8. The summed E-state index contributed by atoms with van der Waals surface area (Å²) in [6, 6.07) is 8.58. The molecule has 8 nitrogen and oxygen atoms in total. The number of benzene rings is 1. The number of thioether (sulfide) groups is 1. The number of unbranched alkanes of at least 4 members (excludes halogenated alkanes) is 1. The molecule has 1 aliphatic heterocycles. The topological polar surface area (TPSA) is 109 Å². The number of hydrogen-bond acceptors (Lipinski definition) is 8. The molecule has 138 valence electrons. The Morgan fingerprint density at radius 3 is 2.85 bits per heavy atom. The summed E-state index contributed by atoms with van der Waals surface area (Å²) >= 11 is 1.38. The lowest BCUT2D eigenvalue weighted by Crippen LogP contribution is -2.40. The van der Waals surface area contributed by atoms with Crippen LogP contribution in [0.2, 0.25) is 0 Å². The predicted molar refractivity (Wildman–Crippen MR) is 94.9 cm³/mol. The van der Waals surface area contributed by atoms with Gasteiger partial charge >= 0.3 is 0 Å². The molecule has 3 rings (SSSR count). The summed E-state index contributed by atoms with van der Waals surface area (Å²) in [6.07, 6.45) is 1.22. The Morgan fingerprint density at radius 2 is 2.08 bits per heavy atom.